The van der Waals surface area contributed by atoms with Crippen LogP contribution >= 0.6 is 0 Å². The van der Waals surface area contributed by atoms with Crippen molar-refractivity contribution in [1.82, 2.24) is 9.80 Å². The lowest BCUT2D eigenvalue weighted by Gasteiger charge is -2.35. The molecular formula is C19H29N3O2. The Kier molecular flexibility index (Phi) is 6.24. The van der Waals surface area contributed by atoms with Gasteiger partial charge in [-0.25, -0.2) is 0 Å². The number of para-hydroxylation sites is 1. The van der Waals surface area contributed by atoms with Crippen molar-refractivity contribution < 1.29 is 9.53 Å². The minimum Gasteiger partial charge on any atom is -0.377 e. The van der Waals surface area contributed by atoms with Crippen LogP contribution in [0.1, 0.15) is 24.8 Å². The van der Waals surface area contributed by atoms with Gasteiger partial charge in [-0.15, -0.1) is 0 Å². The first-order valence-corrected chi connectivity index (χ1v) is 9.12. The minimum atomic E-state index is 0.103. The lowest BCUT2D eigenvalue weighted by atomic mass is 10.2. The molecule has 2 saturated heterocycles. The van der Waals surface area contributed by atoms with Crippen molar-refractivity contribution in [3.63, 3.8) is 0 Å². The summed E-state index contributed by atoms with van der Waals surface area (Å²) in [7, 11) is 0. The first-order chi connectivity index (χ1) is 11.7. The molecule has 1 amide bonds. The van der Waals surface area contributed by atoms with Crippen LogP contribution in [0.4, 0.5) is 5.69 Å². The van der Waals surface area contributed by atoms with Crippen molar-refractivity contribution in [2.24, 2.45) is 0 Å². The second kappa shape index (κ2) is 8.60. The molecule has 2 heterocycles. The zero-order valence-electron chi connectivity index (χ0n) is 14.7. The summed E-state index contributed by atoms with van der Waals surface area (Å²) in [4.78, 5) is 17.0. The summed E-state index contributed by atoms with van der Waals surface area (Å²) in [5.74, 6) is 0.103. The summed E-state index contributed by atoms with van der Waals surface area (Å²) in [6.45, 7) is 9.11. The zero-order chi connectivity index (χ0) is 16.8. The van der Waals surface area contributed by atoms with Gasteiger partial charge < -0.3 is 15.0 Å². The van der Waals surface area contributed by atoms with Gasteiger partial charge in [-0.05, 0) is 31.4 Å². The molecule has 3 rings (SSSR count). The van der Waals surface area contributed by atoms with Gasteiger partial charge >= 0.3 is 0 Å². The van der Waals surface area contributed by atoms with Crippen molar-refractivity contribution >= 4 is 11.6 Å². The number of ether oxygens (including phenoxy) is 1. The molecule has 1 aromatic rings. The van der Waals surface area contributed by atoms with Crippen molar-refractivity contribution in [2.45, 2.75) is 32.3 Å². The quantitative estimate of drug-likeness (QED) is 0.867. The number of anilines is 1. The van der Waals surface area contributed by atoms with Crippen LogP contribution in [0, 0.1) is 6.92 Å². The van der Waals surface area contributed by atoms with E-state index in [0.29, 0.717) is 12.5 Å². The summed E-state index contributed by atoms with van der Waals surface area (Å²) >= 11 is 0. The summed E-state index contributed by atoms with van der Waals surface area (Å²) in [5.41, 5.74) is 2.03. The van der Waals surface area contributed by atoms with Gasteiger partial charge in [-0.3, -0.25) is 9.69 Å². The highest BCUT2D eigenvalue weighted by atomic mass is 16.5. The van der Waals surface area contributed by atoms with E-state index in [9.17, 15) is 4.79 Å². The van der Waals surface area contributed by atoms with Gasteiger partial charge in [-0.2, -0.15) is 0 Å². The molecule has 1 N–H and O–H groups in total. The van der Waals surface area contributed by atoms with Crippen LogP contribution in [0.2, 0.25) is 0 Å². The Morgan fingerprint density at radius 2 is 1.96 bits per heavy atom. The van der Waals surface area contributed by atoms with E-state index in [4.69, 9.17) is 4.74 Å². The predicted octanol–water partition coefficient (Wildman–Crippen LogP) is 2.12. The maximum atomic E-state index is 12.1. The molecule has 2 aliphatic heterocycles. The minimum absolute atomic E-state index is 0.103. The van der Waals surface area contributed by atoms with Crippen LogP contribution in [0.3, 0.4) is 0 Å². The lowest BCUT2D eigenvalue weighted by Crippen LogP contribution is -2.48. The number of hydrogen-bond donors (Lipinski definition) is 1. The molecule has 1 aromatic carbocycles. The van der Waals surface area contributed by atoms with Gasteiger partial charge in [0, 0.05) is 58.0 Å². The second-order valence-electron chi connectivity index (χ2n) is 6.89. The van der Waals surface area contributed by atoms with Crippen molar-refractivity contribution in [1.29, 1.82) is 0 Å². The Hall–Kier alpha value is -1.43. The molecule has 1 atom stereocenters. The SMILES string of the molecule is Cc1ccccc1NC(=O)CCN1CCN(CC2CCCO2)CC1. The Labute approximate surface area is 145 Å². The van der Waals surface area contributed by atoms with Crippen LogP contribution in [-0.4, -0.2) is 67.7 Å². The number of nitrogens with zero attached hydrogens (tertiary/aromatic N) is 2. The van der Waals surface area contributed by atoms with Gasteiger partial charge in [-0.1, -0.05) is 18.2 Å². The summed E-state index contributed by atoms with van der Waals surface area (Å²) in [5, 5.41) is 3.01. The third-order valence-electron chi connectivity index (χ3n) is 5.02. The smallest absolute Gasteiger partial charge is 0.225 e. The summed E-state index contributed by atoms with van der Waals surface area (Å²) < 4.78 is 5.72. The van der Waals surface area contributed by atoms with Gasteiger partial charge in [0.25, 0.3) is 0 Å². The Morgan fingerprint density at radius 1 is 1.21 bits per heavy atom. The number of aryl methyl sites for hydroxylation is 1. The molecule has 0 aliphatic carbocycles. The summed E-state index contributed by atoms with van der Waals surface area (Å²) in [6, 6.07) is 7.91. The van der Waals surface area contributed by atoms with Crippen LogP contribution in [0.25, 0.3) is 0 Å². The van der Waals surface area contributed by atoms with E-state index < -0.39 is 0 Å². The molecule has 0 bridgehead atoms. The Balaban J connectivity index is 1.34. The van der Waals surface area contributed by atoms with E-state index in [1.807, 2.05) is 31.2 Å². The Morgan fingerprint density at radius 3 is 2.67 bits per heavy atom. The van der Waals surface area contributed by atoms with Gasteiger partial charge in [0.15, 0.2) is 0 Å². The molecule has 24 heavy (non-hydrogen) atoms. The van der Waals surface area contributed by atoms with Gasteiger partial charge in [0.05, 0.1) is 6.10 Å². The molecule has 1 unspecified atom stereocenters. The molecule has 2 aliphatic rings. The topological polar surface area (TPSA) is 44.8 Å². The average Bonchev–Trinajstić information content (AvgIpc) is 3.09. The monoisotopic (exact) mass is 331 g/mol. The predicted molar refractivity (Wildman–Crippen MR) is 96.3 cm³/mol. The number of hydrogen-bond acceptors (Lipinski definition) is 4. The molecule has 2 fully saturated rings. The van der Waals surface area contributed by atoms with Crippen LogP contribution in [0.5, 0.6) is 0 Å². The second-order valence-corrected chi connectivity index (χ2v) is 6.89. The number of rotatable bonds is 6. The first kappa shape index (κ1) is 17.4. The fraction of sp³-hybridized carbons (Fsp3) is 0.632. The van der Waals surface area contributed by atoms with Gasteiger partial charge in [0.2, 0.25) is 5.91 Å². The van der Waals surface area contributed by atoms with Gasteiger partial charge in [0.1, 0.15) is 0 Å². The third-order valence-corrected chi connectivity index (χ3v) is 5.02. The average molecular weight is 331 g/mol. The van der Waals surface area contributed by atoms with E-state index in [-0.39, 0.29) is 5.91 Å². The highest BCUT2D eigenvalue weighted by Crippen LogP contribution is 2.15. The fourth-order valence-electron chi connectivity index (χ4n) is 3.46. The third kappa shape index (κ3) is 5.03. The van der Waals surface area contributed by atoms with E-state index in [1.165, 1.54) is 12.8 Å². The van der Waals surface area contributed by atoms with E-state index in [0.717, 1.165) is 57.1 Å². The molecule has 5 nitrogen and oxygen atoms in total. The van der Waals surface area contributed by atoms with Crippen molar-refractivity contribution in [3.05, 3.63) is 29.8 Å². The number of carbonyl (C=O) groups excluding carboxylic acids is 1. The number of nitrogens with one attached hydrogen (secondary N) is 1. The van der Waals surface area contributed by atoms with Crippen molar-refractivity contribution in [3.8, 4) is 0 Å². The van der Waals surface area contributed by atoms with E-state index in [2.05, 4.69) is 15.1 Å². The number of benzene rings is 1. The lowest BCUT2D eigenvalue weighted by molar-refractivity contribution is -0.116. The van der Waals surface area contributed by atoms with Crippen molar-refractivity contribution in [2.75, 3.05) is 51.2 Å². The normalized spacial score (nSPS) is 22.6. The van der Waals surface area contributed by atoms with E-state index in [1.54, 1.807) is 0 Å². The molecular weight excluding hydrogens is 302 g/mol. The molecule has 5 heteroatoms. The highest BCUT2D eigenvalue weighted by molar-refractivity contribution is 5.91. The molecule has 0 aromatic heterocycles. The number of amides is 1. The summed E-state index contributed by atoms with van der Waals surface area (Å²) in [6.07, 6.45) is 3.41. The maximum Gasteiger partial charge on any atom is 0.225 e. The highest BCUT2D eigenvalue weighted by Gasteiger charge is 2.22. The van der Waals surface area contributed by atoms with Crippen LogP contribution in [0.15, 0.2) is 24.3 Å². The largest absolute Gasteiger partial charge is 0.377 e. The molecule has 0 saturated carbocycles. The molecule has 132 valence electrons. The maximum absolute atomic E-state index is 12.1. The van der Waals surface area contributed by atoms with E-state index >= 15 is 0 Å². The zero-order valence-corrected chi connectivity index (χ0v) is 14.7. The molecule has 0 radical (unpaired) electrons. The number of piperazine rings is 1. The Bertz CT molecular complexity index is 535. The molecule has 0 spiro atoms. The van der Waals surface area contributed by atoms with Crippen LogP contribution < -0.4 is 5.32 Å². The first-order valence-electron chi connectivity index (χ1n) is 9.12. The standard InChI is InChI=1S/C19H29N3O2/c1-16-5-2-3-7-18(16)20-19(23)8-9-21-10-12-22(13-11-21)15-17-6-4-14-24-17/h2-3,5,7,17H,4,6,8-15H2,1H3,(H,20,23). The van der Waals surface area contributed by atoms with Crippen LogP contribution in [-0.2, 0) is 9.53 Å². The fourth-order valence-corrected chi connectivity index (χ4v) is 3.46. The number of carbonyl (C=O) groups is 1.